The van der Waals surface area contributed by atoms with Gasteiger partial charge < -0.3 is 14.5 Å². The lowest BCUT2D eigenvalue weighted by molar-refractivity contribution is 0.0882. The summed E-state index contributed by atoms with van der Waals surface area (Å²) in [6.45, 7) is 11.3. The van der Waals surface area contributed by atoms with Crippen LogP contribution in [0.15, 0.2) is 16.5 Å². The maximum absolute atomic E-state index is 5.84. The molecule has 0 aliphatic heterocycles. The Balaban J connectivity index is 0.00000242. The number of benzene rings is 1. The quantitative estimate of drug-likeness (QED) is 0.873. The molecule has 0 amide bonds. The number of aryl methyl sites for hydroxylation is 1. The van der Waals surface area contributed by atoms with Gasteiger partial charge in [0.05, 0.1) is 6.10 Å². The van der Waals surface area contributed by atoms with Gasteiger partial charge in [-0.15, -0.1) is 0 Å². The Morgan fingerprint density at radius 3 is 2.62 bits per heavy atom. The van der Waals surface area contributed by atoms with E-state index < -0.39 is 0 Å². The number of nitrogens with one attached hydrogen (secondary N) is 1. The Kier molecular flexibility index (Phi) is 5.01. The molecule has 0 radical (unpaired) electrons. The second kappa shape index (κ2) is 6.58. The van der Waals surface area contributed by atoms with Crippen molar-refractivity contribution in [3.8, 4) is 0 Å². The Hall–Kier alpha value is -1.39. The van der Waals surface area contributed by atoms with Crippen LogP contribution in [0, 0.1) is 6.92 Å². The van der Waals surface area contributed by atoms with Crippen molar-refractivity contribution in [2.24, 2.45) is 0 Å². The fourth-order valence-corrected chi connectivity index (χ4v) is 2.29. The topological polar surface area (TPSA) is 47.3 Å². The van der Waals surface area contributed by atoms with E-state index >= 15 is 0 Å². The van der Waals surface area contributed by atoms with Crippen LogP contribution in [0.25, 0.3) is 11.1 Å². The highest BCUT2D eigenvalue weighted by atomic mass is 16.5. The fraction of sp³-hybridized carbons (Fsp3) is 0.588. The zero-order valence-corrected chi connectivity index (χ0v) is 13.9. The van der Waals surface area contributed by atoms with Gasteiger partial charge in [0, 0.05) is 27.0 Å². The van der Waals surface area contributed by atoms with Crippen LogP contribution in [0.4, 0.5) is 0 Å². The fourth-order valence-electron chi connectivity index (χ4n) is 2.29. The summed E-state index contributed by atoms with van der Waals surface area (Å²) in [5.74, 6) is 1.11. The minimum atomic E-state index is 0. The van der Waals surface area contributed by atoms with Crippen LogP contribution >= 0.6 is 0 Å². The molecule has 0 saturated carbocycles. The van der Waals surface area contributed by atoms with Crippen molar-refractivity contribution in [3.05, 3.63) is 29.2 Å². The molecule has 0 aliphatic carbocycles. The molecule has 1 aromatic carbocycles. The molecule has 4 nitrogen and oxygen atoms in total. The third-order valence-corrected chi connectivity index (χ3v) is 3.95. The van der Waals surface area contributed by atoms with Crippen LogP contribution in [0.1, 0.15) is 52.1 Å². The molecule has 1 N–H and O–H groups in total. The molecule has 1 aromatic heterocycles. The SMILES string of the molecule is CO[C@H](C)[C@@H](C)NCc1cc(C)c2oc(C(C)C)nc2c1.[HH]. The van der Waals surface area contributed by atoms with Crippen molar-refractivity contribution in [3.63, 3.8) is 0 Å². The zero-order chi connectivity index (χ0) is 15.6. The molecule has 1 heterocycles. The lowest BCUT2D eigenvalue weighted by atomic mass is 10.1. The summed E-state index contributed by atoms with van der Waals surface area (Å²) in [6.07, 6.45) is 0.189. The molecule has 2 atom stereocenters. The third-order valence-electron chi connectivity index (χ3n) is 3.95. The van der Waals surface area contributed by atoms with E-state index in [0.29, 0.717) is 12.0 Å². The first-order valence-corrected chi connectivity index (χ1v) is 7.58. The van der Waals surface area contributed by atoms with Crippen LogP contribution in [0.2, 0.25) is 0 Å². The Morgan fingerprint density at radius 1 is 1.29 bits per heavy atom. The number of aromatic nitrogens is 1. The highest BCUT2D eigenvalue weighted by Gasteiger charge is 2.14. The van der Waals surface area contributed by atoms with Gasteiger partial charge in [0.1, 0.15) is 5.52 Å². The monoisotopic (exact) mass is 292 g/mol. The van der Waals surface area contributed by atoms with Gasteiger partial charge in [-0.3, -0.25) is 0 Å². The highest BCUT2D eigenvalue weighted by molar-refractivity contribution is 5.77. The molecule has 0 saturated heterocycles. The number of methoxy groups -OCH3 is 1. The van der Waals surface area contributed by atoms with Gasteiger partial charge >= 0.3 is 0 Å². The minimum Gasteiger partial charge on any atom is -0.440 e. The number of oxazole rings is 1. The largest absolute Gasteiger partial charge is 0.440 e. The second-order valence-electron chi connectivity index (χ2n) is 6.08. The molecule has 2 rings (SSSR count). The second-order valence-corrected chi connectivity index (χ2v) is 6.08. The smallest absolute Gasteiger partial charge is 0.198 e. The van der Waals surface area contributed by atoms with Crippen molar-refractivity contribution in [2.75, 3.05) is 7.11 Å². The van der Waals surface area contributed by atoms with Gasteiger partial charge in [-0.2, -0.15) is 0 Å². The predicted molar refractivity (Wildman–Crippen MR) is 87.7 cm³/mol. The van der Waals surface area contributed by atoms with Crippen molar-refractivity contribution < 1.29 is 10.6 Å². The summed E-state index contributed by atoms with van der Waals surface area (Å²) in [6, 6.07) is 4.57. The van der Waals surface area contributed by atoms with Gasteiger partial charge in [-0.05, 0) is 38.0 Å². The highest BCUT2D eigenvalue weighted by Crippen LogP contribution is 2.25. The van der Waals surface area contributed by atoms with Crippen molar-refractivity contribution in [1.82, 2.24) is 10.3 Å². The molecule has 21 heavy (non-hydrogen) atoms. The van der Waals surface area contributed by atoms with Gasteiger partial charge in [-0.25, -0.2) is 4.98 Å². The van der Waals surface area contributed by atoms with Crippen molar-refractivity contribution in [1.29, 1.82) is 0 Å². The average Bonchev–Trinajstić information content (AvgIpc) is 2.88. The van der Waals surface area contributed by atoms with E-state index in [4.69, 9.17) is 9.15 Å². The number of ether oxygens (including phenoxy) is 1. The summed E-state index contributed by atoms with van der Waals surface area (Å²) in [7, 11) is 1.74. The summed E-state index contributed by atoms with van der Waals surface area (Å²) >= 11 is 0. The molecule has 4 heteroatoms. The standard InChI is InChI=1S/C17H26N2O2.H2/c1-10(2)17-19-15-8-14(7-11(3)16(15)21-17)9-18-12(4)13(5)20-6;/h7-8,10,12-13,18H,9H2,1-6H3;1H/t12-,13-;/m1./s1. The number of hydrogen-bond acceptors (Lipinski definition) is 4. The summed E-state index contributed by atoms with van der Waals surface area (Å²) in [5.41, 5.74) is 4.21. The van der Waals surface area contributed by atoms with E-state index in [1.54, 1.807) is 7.11 Å². The van der Waals surface area contributed by atoms with Crippen LogP contribution in [0.3, 0.4) is 0 Å². The molecule has 0 bridgehead atoms. The molecule has 0 fully saturated rings. The zero-order valence-electron chi connectivity index (χ0n) is 13.9. The van der Waals surface area contributed by atoms with Gasteiger partial charge in [0.2, 0.25) is 0 Å². The molecule has 0 spiro atoms. The van der Waals surface area contributed by atoms with Gasteiger partial charge in [0.15, 0.2) is 11.5 Å². The van der Waals surface area contributed by atoms with Crippen LogP contribution in [-0.2, 0) is 11.3 Å². The summed E-state index contributed by atoms with van der Waals surface area (Å²) in [5, 5.41) is 3.49. The minimum absolute atomic E-state index is 0. The Labute approximate surface area is 128 Å². The van der Waals surface area contributed by atoms with Crippen LogP contribution < -0.4 is 5.32 Å². The molecule has 0 aliphatic rings. The first-order chi connectivity index (χ1) is 9.92. The number of nitrogens with zero attached hydrogens (tertiary/aromatic N) is 1. The Bertz CT molecular complexity index is 610. The molecule has 0 unspecified atom stereocenters. The molecule has 118 valence electrons. The van der Waals surface area contributed by atoms with Crippen molar-refractivity contribution in [2.45, 2.75) is 59.2 Å². The first-order valence-electron chi connectivity index (χ1n) is 7.58. The maximum atomic E-state index is 5.84. The average molecular weight is 292 g/mol. The van der Waals surface area contributed by atoms with Crippen LogP contribution in [-0.4, -0.2) is 24.2 Å². The lowest BCUT2D eigenvalue weighted by Gasteiger charge is -2.20. The van der Waals surface area contributed by atoms with Crippen molar-refractivity contribution >= 4 is 11.1 Å². The molecular weight excluding hydrogens is 264 g/mol. The molecule has 2 aromatic rings. The van der Waals surface area contributed by atoms with E-state index in [0.717, 1.165) is 29.1 Å². The van der Waals surface area contributed by atoms with E-state index in [1.165, 1.54) is 5.56 Å². The third kappa shape index (κ3) is 3.63. The number of fused-ring (bicyclic) bond motifs is 1. The predicted octanol–water partition coefficient (Wildman–Crippen LogP) is 4.02. The van der Waals surface area contributed by atoms with E-state index in [-0.39, 0.29) is 7.53 Å². The van der Waals surface area contributed by atoms with Crippen LogP contribution in [0.5, 0.6) is 0 Å². The van der Waals surface area contributed by atoms with E-state index in [1.807, 2.05) is 0 Å². The van der Waals surface area contributed by atoms with Gasteiger partial charge in [-0.1, -0.05) is 19.9 Å². The molecular formula is C17H28N2O2. The number of hydrogen-bond donors (Lipinski definition) is 1. The Morgan fingerprint density at radius 2 is 2.00 bits per heavy atom. The summed E-state index contributed by atoms with van der Waals surface area (Å²) in [4.78, 5) is 4.59. The van der Waals surface area contributed by atoms with E-state index in [9.17, 15) is 0 Å². The van der Waals surface area contributed by atoms with E-state index in [2.05, 4.69) is 57.1 Å². The lowest BCUT2D eigenvalue weighted by Crippen LogP contribution is -2.36. The maximum Gasteiger partial charge on any atom is 0.198 e. The number of rotatable bonds is 6. The van der Waals surface area contributed by atoms with Gasteiger partial charge in [0.25, 0.3) is 0 Å². The first kappa shape index (κ1) is 16.0. The summed E-state index contributed by atoms with van der Waals surface area (Å²) < 4.78 is 11.2. The normalized spacial score (nSPS) is 14.8.